The highest BCUT2D eigenvalue weighted by Gasteiger charge is 2.34. The van der Waals surface area contributed by atoms with Crippen molar-refractivity contribution in [1.82, 2.24) is 15.5 Å². The molecule has 1 aromatic heterocycles. The summed E-state index contributed by atoms with van der Waals surface area (Å²) >= 11 is 0. The van der Waals surface area contributed by atoms with Gasteiger partial charge in [0.1, 0.15) is 0 Å². The predicted molar refractivity (Wildman–Crippen MR) is 119 cm³/mol. The number of aliphatic hydroxyl groups excluding tert-OH is 1. The third-order valence-electron chi connectivity index (χ3n) is 5.17. The normalized spacial score (nSPS) is 12.4. The molecule has 9 heteroatoms. The molecule has 34 heavy (non-hydrogen) atoms. The van der Waals surface area contributed by atoms with Crippen LogP contribution in [0.3, 0.4) is 0 Å². The van der Waals surface area contributed by atoms with Gasteiger partial charge in [-0.15, -0.1) is 10.2 Å². The van der Waals surface area contributed by atoms with Crippen LogP contribution in [0.4, 0.5) is 13.2 Å². The van der Waals surface area contributed by atoms with Crippen molar-refractivity contribution in [2.75, 3.05) is 6.54 Å². The van der Waals surface area contributed by atoms with E-state index in [2.05, 4.69) is 15.5 Å². The summed E-state index contributed by atoms with van der Waals surface area (Å²) in [6, 6.07) is 18.6. The van der Waals surface area contributed by atoms with Crippen LogP contribution >= 0.6 is 0 Å². The lowest BCUT2D eigenvalue weighted by Crippen LogP contribution is -2.29. The molecule has 0 bridgehead atoms. The Bertz CT molecular complexity index is 1300. The van der Waals surface area contributed by atoms with Crippen molar-refractivity contribution in [3.8, 4) is 22.9 Å². The topological polar surface area (TPSA) is 88.2 Å². The van der Waals surface area contributed by atoms with E-state index in [4.69, 9.17) is 4.42 Å². The van der Waals surface area contributed by atoms with Gasteiger partial charge in [-0.3, -0.25) is 4.79 Å². The van der Waals surface area contributed by atoms with E-state index in [1.807, 2.05) is 31.2 Å². The number of carbonyl (C=O) groups is 1. The number of aromatic nitrogens is 2. The van der Waals surface area contributed by atoms with Gasteiger partial charge in [-0.25, -0.2) is 0 Å². The van der Waals surface area contributed by atoms with Gasteiger partial charge in [-0.1, -0.05) is 35.9 Å². The standard InChI is InChI=1S/C25H20F3N3O3/c1-15-5-4-6-18(13-15)24-31-30-23(34-24)17-11-9-16(10-12-17)22(33)29-14-21(32)19-7-2-3-8-20(19)25(26,27)28/h2-13,21,32H,14H2,1H3,(H,29,33). The van der Waals surface area contributed by atoms with Crippen molar-refractivity contribution in [1.29, 1.82) is 0 Å². The van der Waals surface area contributed by atoms with Crippen LogP contribution in [0.2, 0.25) is 0 Å². The second-order valence-corrected chi connectivity index (χ2v) is 7.67. The molecule has 1 amide bonds. The number of halogens is 3. The van der Waals surface area contributed by atoms with Gasteiger partial charge >= 0.3 is 6.18 Å². The van der Waals surface area contributed by atoms with E-state index < -0.39 is 23.8 Å². The highest BCUT2D eigenvalue weighted by atomic mass is 19.4. The number of nitrogens with zero attached hydrogens (tertiary/aromatic N) is 2. The number of carbonyl (C=O) groups excluding carboxylic acids is 1. The van der Waals surface area contributed by atoms with E-state index in [1.54, 1.807) is 12.1 Å². The Labute approximate surface area is 193 Å². The summed E-state index contributed by atoms with van der Waals surface area (Å²) in [7, 11) is 0. The summed E-state index contributed by atoms with van der Waals surface area (Å²) in [6.45, 7) is 1.58. The highest BCUT2D eigenvalue weighted by molar-refractivity contribution is 5.94. The van der Waals surface area contributed by atoms with Crippen molar-refractivity contribution in [3.05, 3.63) is 95.1 Å². The predicted octanol–water partition coefficient (Wildman–Crippen LogP) is 5.19. The fourth-order valence-electron chi connectivity index (χ4n) is 3.45. The molecule has 4 aromatic rings. The molecule has 0 aliphatic rings. The molecule has 1 atom stereocenters. The first kappa shape index (κ1) is 23.2. The van der Waals surface area contributed by atoms with Gasteiger partial charge in [0.25, 0.3) is 5.91 Å². The smallest absolute Gasteiger partial charge is 0.416 e. The number of rotatable bonds is 6. The summed E-state index contributed by atoms with van der Waals surface area (Å²) in [5.41, 5.74) is 1.47. The Hall–Kier alpha value is -3.98. The van der Waals surface area contributed by atoms with E-state index in [9.17, 15) is 23.1 Å². The van der Waals surface area contributed by atoms with Gasteiger partial charge in [0.05, 0.1) is 11.7 Å². The molecule has 6 nitrogen and oxygen atoms in total. The van der Waals surface area contributed by atoms with Gasteiger partial charge in [0, 0.05) is 23.2 Å². The van der Waals surface area contributed by atoms with E-state index in [0.29, 0.717) is 11.5 Å². The highest BCUT2D eigenvalue weighted by Crippen LogP contribution is 2.34. The monoisotopic (exact) mass is 467 g/mol. The second kappa shape index (κ2) is 9.48. The zero-order valence-electron chi connectivity index (χ0n) is 18.0. The van der Waals surface area contributed by atoms with Gasteiger partial charge in [0.15, 0.2) is 0 Å². The minimum Gasteiger partial charge on any atom is -0.416 e. The van der Waals surface area contributed by atoms with E-state index in [1.165, 1.54) is 30.3 Å². The number of benzene rings is 3. The van der Waals surface area contributed by atoms with E-state index in [0.717, 1.165) is 17.2 Å². The Morgan fingerprint density at radius 2 is 1.65 bits per heavy atom. The number of amides is 1. The van der Waals surface area contributed by atoms with Crippen LogP contribution in [0.15, 0.2) is 77.2 Å². The quantitative estimate of drug-likeness (QED) is 0.407. The minimum atomic E-state index is -4.61. The maximum atomic E-state index is 13.2. The van der Waals surface area contributed by atoms with E-state index in [-0.39, 0.29) is 23.6 Å². The fraction of sp³-hybridized carbons (Fsp3) is 0.160. The van der Waals surface area contributed by atoms with Crippen LogP contribution in [0.1, 0.15) is 33.2 Å². The molecule has 1 unspecified atom stereocenters. The average molecular weight is 467 g/mol. The molecule has 4 rings (SSSR count). The van der Waals surface area contributed by atoms with Gasteiger partial charge < -0.3 is 14.8 Å². The summed E-state index contributed by atoms with van der Waals surface area (Å²) in [5, 5.41) is 20.8. The molecule has 0 aliphatic heterocycles. The van der Waals surface area contributed by atoms with Gasteiger partial charge in [-0.05, 0) is 55.0 Å². The first-order chi connectivity index (χ1) is 16.2. The van der Waals surface area contributed by atoms with Gasteiger partial charge in [-0.2, -0.15) is 13.2 Å². The lowest BCUT2D eigenvalue weighted by Gasteiger charge is -2.18. The van der Waals surface area contributed by atoms with Crippen LogP contribution in [0.5, 0.6) is 0 Å². The largest absolute Gasteiger partial charge is 0.416 e. The molecule has 0 saturated carbocycles. The van der Waals surface area contributed by atoms with Crippen LogP contribution < -0.4 is 5.32 Å². The van der Waals surface area contributed by atoms with Crippen molar-refractivity contribution >= 4 is 5.91 Å². The number of nitrogens with one attached hydrogen (secondary N) is 1. The Kier molecular flexibility index (Phi) is 6.47. The SMILES string of the molecule is Cc1cccc(-c2nnc(-c3ccc(C(=O)NCC(O)c4ccccc4C(F)(F)F)cc3)o2)c1. The lowest BCUT2D eigenvalue weighted by atomic mass is 10.0. The van der Waals surface area contributed by atoms with Crippen molar-refractivity contribution in [2.45, 2.75) is 19.2 Å². The number of aryl methyl sites for hydroxylation is 1. The molecular weight excluding hydrogens is 447 g/mol. The molecule has 174 valence electrons. The zero-order valence-corrected chi connectivity index (χ0v) is 18.0. The maximum Gasteiger partial charge on any atom is 0.416 e. The van der Waals surface area contributed by atoms with Gasteiger partial charge in [0.2, 0.25) is 11.8 Å². The van der Waals surface area contributed by atoms with Crippen LogP contribution in [-0.4, -0.2) is 27.8 Å². The molecule has 2 N–H and O–H groups in total. The third kappa shape index (κ3) is 5.15. The van der Waals surface area contributed by atoms with Crippen LogP contribution in [-0.2, 0) is 6.18 Å². The molecule has 0 aliphatic carbocycles. The third-order valence-corrected chi connectivity index (χ3v) is 5.17. The van der Waals surface area contributed by atoms with Crippen LogP contribution in [0, 0.1) is 6.92 Å². The molecule has 3 aromatic carbocycles. The minimum absolute atomic E-state index is 0.262. The zero-order chi connectivity index (χ0) is 24.3. The Morgan fingerprint density at radius 3 is 2.32 bits per heavy atom. The molecular formula is C25H20F3N3O3. The number of alkyl halides is 3. The molecule has 0 radical (unpaired) electrons. The lowest BCUT2D eigenvalue weighted by molar-refractivity contribution is -0.139. The summed E-state index contributed by atoms with van der Waals surface area (Å²) in [5.74, 6) is 0.109. The van der Waals surface area contributed by atoms with E-state index >= 15 is 0 Å². The Morgan fingerprint density at radius 1 is 0.971 bits per heavy atom. The molecule has 0 saturated heterocycles. The number of hydrogen-bond acceptors (Lipinski definition) is 5. The Balaban J connectivity index is 1.42. The summed E-state index contributed by atoms with van der Waals surface area (Å²) in [6.07, 6.45) is -6.12. The maximum absolute atomic E-state index is 13.2. The van der Waals surface area contributed by atoms with Crippen molar-refractivity contribution in [2.24, 2.45) is 0 Å². The number of hydrogen-bond donors (Lipinski definition) is 2. The molecule has 0 spiro atoms. The molecule has 0 fully saturated rings. The second-order valence-electron chi connectivity index (χ2n) is 7.67. The van der Waals surface area contributed by atoms with Crippen LogP contribution in [0.25, 0.3) is 22.9 Å². The van der Waals surface area contributed by atoms with Crippen molar-refractivity contribution in [3.63, 3.8) is 0 Å². The number of aliphatic hydroxyl groups is 1. The first-order valence-corrected chi connectivity index (χ1v) is 10.4. The average Bonchev–Trinajstić information content (AvgIpc) is 3.32. The molecule has 1 heterocycles. The fourth-order valence-corrected chi connectivity index (χ4v) is 3.45. The summed E-state index contributed by atoms with van der Waals surface area (Å²) in [4.78, 5) is 12.4. The van der Waals surface area contributed by atoms with Crippen molar-refractivity contribution < 1.29 is 27.5 Å². The first-order valence-electron chi connectivity index (χ1n) is 10.4. The summed E-state index contributed by atoms with van der Waals surface area (Å²) < 4.78 is 45.2.